The predicted molar refractivity (Wildman–Crippen MR) is 74.6 cm³/mol. The summed E-state index contributed by atoms with van der Waals surface area (Å²) >= 11 is 5.89. The Labute approximate surface area is 119 Å². The highest BCUT2D eigenvalue weighted by Gasteiger charge is 2.30. The summed E-state index contributed by atoms with van der Waals surface area (Å²) in [6, 6.07) is 10.3. The molecule has 0 fully saturated rings. The summed E-state index contributed by atoms with van der Waals surface area (Å²) in [6.45, 7) is 0.299. The second-order valence-electron chi connectivity index (χ2n) is 4.24. The zero-order chi connectivity index (χ0) is 14.8. The van der Waals surface area contributed by atoms with E-state index in [0.29, 0.717) is 12.2 Å². The molecule has 2 nitrogen and oxygen atoms in total. The lowest BCUT2D eigenvalue weighted by molar-refractivity contribution is -0.137. The van der Waals surface area contributed by atoms with Gasteiger partial charge in [0.25, 0.3) is 0 Å². The van der Waals surface area contributed by atoms with Gasteiger partial charge in [-0.15, -0.1) is 0 Å². The maximum Gasteiger partial charge on any atom is 0.416 e. The summed E-state index contributed by atoms with van der Waals surface area (Å²) in [5.41, 5.74) is 6.62. The van der Waals surface area contributed by atoms with Crippen molar-refractivity contribution in [1.29, 1.82) is 0 Å². The predicted octanol–water partition coefficient (Wildman–Crippen LogP) is 4.55. The molecule has 0 amide bonds. The van der Waals surface area contributed by atoms with Gasteiger partial charge in [-0.1, -0.05) is 29.8 Å². The number of nitrogen functional groups attached to an aromatic ring is 1. The minimum absolute atomic E-state index is 0.227. The third kappa shape index (κ3) is 3.36. The van der Waals surface area contributed by atoms with Gasteiger partial charge in [-0.05, 0) is 29.8 Å². The topological polar surface area (TPSA) is 38.0 Å². The first-order valence-electron chi connectivity index (χ1n) is 5.82. The molecule has 0 saturated carbocycles. The van der Waals surface area contributed by atoms with Crippen LogP contribution in [0.4, 0.5) is 24.5 Å². The summed E-state index contributed by atoms with van der Waals surface area (Å²) in [7, 11) is 0. The van der Waals surface area contributed by atoms with Crippen LogP contribution in [0.15, 0.2) is 42.5 Å². The SMILES string of the molecule is Nc1ccccc1CNc1cc(C(F)(F)F)ccc1Cl. The number of anilines is 2. The number of benzene rings is 2. The number of rotatable bonds is 3. The van der Waals surface area contributed by atoms with E-state index in [4.69, 9.17) is 17.3 Å². The number of hydrogen-bond donors (Lipinski definition) is 2. The van der Waals surface area contributed by atoms with Crippen LogP contribution < -0.4 is 11.1 Å². The molecule has 6 heteroatoms. The normalized spacial score (nSPS) is 11.4. The van der Waals surface area contributed by atoms with Crippen molar-refractivity contribution in [2.24, 2.45) is 0 Å². The number of nitrogens with one attached hydrogen (secondary N) is 1. The van der Waals surface area contributed by atoms with Gasteiger partial charge in [0, 0.05) is 12.2 Å². The van der Waals surface area contributed by atoms with Gasteiger partial charge in [0.2, 0.25) is 0 Å². The van der Waals surface area contributed by atoms with Crippen molar-refractivity contribution in [3.8, 4) is 0 Å². The molecule has 0 atom stereocenters. The smallest absolute Gasteiger partial charge is 0.398 e. The molecule has 0 bridgehead atoms. The Morgan fingerprint density at radius 2 is 1.80 bits per heavy atom. The Morgan fingerprint density at radius 1 is 1.10 bits per heavy atom. The molecule has 0 aliphatic rings. The van der Waals surface area contributed by atoms with E-state index in [1.807, 2.05) is 0 Å². The summed E-state index contributed by atoms with van der Waals surface area (Å²) in [5, 5.41) is 3.10. The fourth-order valence-corrected chi connectivity index (χ4v) is 1.91. The zero-order valence-electron chi connectivity index (χ0n) is 10.3. The molecule has 0 radical (unpaired) electrons. The average molecular weight is 301 g/mol. The molecule has 2 aromatic rings. The Hall–Kier alpha value is -1.88. The van der Waals surface area contributed by atoms with Crippen molar-refractivity contribution in [2.45, 2.75) is 12.7 Å². The van der Waals surface area contributed by atoms with Gasteiger partial charge >= 0.3 is 6.18 Å². The quantitative estimate of drug-likeness (QED) is 0.816. The summed E-state index contributed by atoms with van der Waals surface area (Å²) in [6.07, 6.45) is -4.40. The highest BCUT2D eigenvalue weighted by Crippen LogP contribution is 2.34. The molecule has 106 valence electrons. The maximum absolute atomic E-state index is 12.6. The van der Waals surface area contributed by atoms with Crippen LogP contribution in [0.25, 0.3) is 0 Å². The summed E-state index contributed by atoms with van der Waals surface area (Å²) < 4.78 is 37.9. The maximum atomic E-state index is 12.6. The monoisotopic (exact) mass is 300 g/mol. The molecule has 3 N–H and O–H groups in total. The lowest BCUT2D eigenvalue weighted by Gasteiger charge is -2.13. The molecule has 0 unspecified atom stereocenters. The molecule has 0 spiro atoms. The molecule has 2 aromatic carbocycles. The molecule has 0 aromatic heterocycles. The van der Waals surface area contributed by atoms with E-state index in [1.165, 1.54) is 6.07 Å². The molecule has 0 aliphatic heterocycles. The van der Waals surface area contributed by atoms with Crippen LogP contribution in [-0.4, -0.2) is 0 Å². The zero-order valence-corrected chi connectivity index (χ0v) is 11.1. The first-order valence-corrected chi connectivity index (χ1v) is 6.20. The van der Waals surface area contributed by atoms with Crippen LogP contribution in [0.1, 0.15) is 11.1 Å². The number of alkyl halides is 3. The highest BCUT2D eigenvalue weighted by molar-refractivity contribution is 6.33. The third-order valence-corrected chi connectivity index (χ3v) is 3.15. The molecule has 0 heterocycles. The Kier molecular flexibility index (Phi) is 4.09. The number of nitrogens with two attached hydrogens (primary N) is 1. The molecule has 0 saturated heterocycles. The second-order valence-corrected chi connectivity index (χ2v) is 4.65. The van der Waals surface area contributed by atoms with E-state index in [1.54, 1.807) is 24.3 Å². The minimum Gasteiger partial charge on any atom is -0.398 e. The second kappa shape index (κ2) is 5.63. The van der Waals surface area contributed by atoms with Crippen molar-refractivity contribution in [3.63, 3.8) is 0 Å². The van der Waals surface area contributed by atoms with Crippen molar-refractivity contribution in [1.82, 2.24) is 0 Å². The van der Waals surface area contributed by atoms with Crippen molar-refractivity contribution in [2.75, 3.05) is 11.1 Å². The largest absolute Gasteiger partial charge is 0.416 e. The van der Waals surface area contributed by atoms with E-state index < -0.39 is 11.7 Å². The van der Waals surface area contributed by atoms with Crippen LogP contribution in [0, 0.1) is 0 Å². The average Bonchev–Trinajstić information content (AvgIpc) is 2.38. The molecular formula is C14H12ClF3N2. The van der Waals surface area contributed by atoms with Crippen molar-refractivity contribution >= 4 is 23.0 Å². The van der Waals surface area contributed by atoms with Gasteiger partial charge in [0.1, 0.15) is 0 Å². The Morgan fingerprint density at radius 3 is 2.45 bits per heavy atom. The fourth-order valence-electron chi connectivity index (χ4n) is 1.72. The van der Waals surface area contributed by atoms with Crippen molar-refractivity contribution in [3.05, 3.63) is 58.6 Å². The first-order chi connectivity index (χ1) is 9.38. The van der Waals surface area contributed by atoms with Gasteiger partial charge in [-0.3, -0.25) is 0 Å². The molecule has 20 heavy (non-hydrogen) atoms. The molecule has 2 rings (SSSR count). The first kappa shape index (κ1) is 14.5. The van der Waals surface area contributed by atoms with E-state index in [9.17, 15) is 13.2 Å². The molecular weight excluding hydrogens is 289 g/mol. The van der Waals surface area contributed by atoms with E-state index in [0.717, 1.165) is 17.7 Å². The summed E-state index contributed by atoms with van der Waals surface area (Å²) in [5.74, 6) is 0. The lowest BCUT2D eigenvalue weighted by atomic mass is 10.1. The van der Waals surface area contributed by atoms with Crippen LogP contribution in [-0.2, 0) is 12.7 Å². The van der Waals surface area contributed by atoms with Crippen LogP contribution in [0.2, 0.25) is 5.02 Å². The van der Waals surface area contributed by atoms with Crippen LogP contribution >= 0.6 is 11.6 Å². The van der Waals surface area contributed by atoms with Gasteiger partial charge in [-0.25, -0.2) is 0 Å². The number of hydrogen-bond acceptors (Lipinski definition) is 2. The van der Waals surface area contributed by atoms with E-state index >= 15 is 0 Å². The van der Waals surface area contributed by atoms with Crippen LogP contribution in [0.3, 0.4) is 0 Å². The molecule has 0 aliphatic carbocycles. The Bertz CT molecular complexity index is 612. The Balaban J connectivity index is 2.19. The van der Waals surface area contributed by atoms with Gasteiger partial charge in [0.15, 0.2) is 0 Å². The van der Waals surface area contributed by atoms with E-state index in [-0.39, 0.29) is 10.7 Å². The lowest BCUT2D eigenvalue weighted by Crippen LogP contribution is -2.07. The standard InChI is InChI=1S/C14H12ClF3N2/c15-11-6-5-10(14(16,17)18)7-13(11)20-8-9-3-1-2-4-12(9)19/h1-7,20H,8,19H2. The number of halogens is 4. The van der Waals surface area contributed by atoms with Gasteiger partial charge in [0.05, 0.1) is 16.3 Å². The third-order valence-electron chi connectivity index (χ3n) is 2.82. The fraction of sp³-hybridized carbons (Fsp3) is 0.143. The van der Waals surface area contributed by atoms with E-state index in [2.05, 4.69) is 5.32 Å². The summed E-state index contributed by atoms with van der Waals surface area (Å²) in [4.78, 5) is 0. The number of para-hydroxylation sites is 1. The van der Waals surface area contributed by atoms with Gasteiger partial charge < -0.3 is 11.1 Å². The van der Waals surface area contributed by atoms with Gasteiger partial charge in [-0.2, -0.15) is 13.2 Å². The highest BCUT2D eigenvalue weighted by atomic mass is 35.5. The van der Waals surface area contributed by atoms with Crippen LogP contribution in [0.5, 0.6) is 0 Å². The minimum atomic E-state index is -4.40. The van der Waals surface area contributed by atoms with Crippen molar-refractivity contribution < 1.29 is 13.2 Å².